The third kappa shape index (κ3) is 4.75. The highest BCUT2D eigenvalue weighted by Gasteiger charge is 2.18. The molecule has 6 heteroatoms. The topological polar surface area (TPSA) is 65.5 Å². The number of ether oxygens (including phenoxy) is 3. The number of pyridine rings is 2. The zero-order valence-electron chi connectivity index (χ0n) is 18.5. The Balaban J connectivity index is 1.35. The number of fused-ring (bicyclic) bond motifs is 1. The molecule has 1 aliphatic heterocycles. The maximum atomic E-state index is 5.85. The Bertz CT molecular complexity index is 1240. The summed E-state index contributed by atoms with van der Waals surface area (Å²) >= 11 is 0. The molecular formula is C27H25N3O3. The summed E-state index contributed by atoms with van der Waals surface area (Å²) in [6.45, 7) is 1.08. The van der Waals surface area contributed by atoms with E-state index in [0.29, 0.717) is 19.1 Å². The first-order valence-electron chi connectivity index (χ1n) is 11.0. The molecule has 0 saturated heterocycles. The quantitative estimate of drug-likeness (QED) is 0.413. The molecule has 0 saturated carbocycles. The Kier molecular flexibility index (Phi) is 6.06. The van der Waals surface area contributed by atoms with Crippen LogP contribution in [0.2, 0.25) is 0 Å². The number of methoxy groups -OCH3 is 1. The van der Waals surface area contributed by atoms with E-state index in [1.807, 2.05) is 48.7 Å². The number of benzene rings is 2. The van der Waals surface area contributed by atoms with Crippen molar-refractivity contribution >= 4 is 11.4 Å². The summed E-state index contributed by atoms with van der Waals surface area (Å²) in [4.78, 5) is 8.93. The lowest BCUT2D eigenvalue weighted by molar-refractivity contribution is 0.172. The van der Waals surface area contributed by atoms with Crippen molar-refractivity contribution in [2.75, 3.05) is 25.6 Å². The van der Waals surface area contributed by atoms with Crippen LogP contribution in [-0.4, -0.2) is 30.3 Å². The van der Waals surface area contributed by atoms with Gasteiger partial charge in [0, 0.05) is 23.6 Å². The average molecular weight is 440 g/mol. The van der Waals surface area contributed by atoms with E-state index in [2.05, 4.69) is 34.6 Å². The van der Waals surface area contributed by atoms with Gasteiger partial charge in [0.05, 0.1) is 12.8 Å². The van der Waals surface area contributed by atoms with Gasteiger partial charge in [0.25, 0.3) is 0 Å². The van der Waals surface area contributed by atoms with Crippen molar-refractivity contribution in [1.82, 2.24) is 9.97 Å². The minimum Gasteiger partial charge on any atom is -0.486 e. The summed E-state index contributed by atoms with van der Waals surface area (Å²) < 4.78 is 17.2. The summed E-state index contributed by atoms with van der Waals surface area (Å²) in [5.74, 6) is 1.98. The molecule has 4 aromatic rings. The normalized spacial score (nSPS) is 12.3. The van der Waals surface area contributed by atoms with Crippen LogP contribution in [0.15, 0.2) is 79.1 Å². The lowest BCUT2D eigenvalue weighted by Gasteiger charge is -2.21. The van der Waals surface area contributed by atoms with Gasteiger partial charge in [0.1, 0.15) is 18.9 Å². The fourth-order valence-corrected chi connectivity index (χ4v) is 3.91. The van der Waals surface area contributed by atoms with Crippen LogP contribution in [-0.2, 0) is 12.8 Å². The predicted molar refractivity (Wildman–Crippen MR) is 129 cm³/mol. The van der Waals surface area contributed by atoms with Gasteiger partial charge in [0.15, 0.2) is 11.5 Å². The molecule has 166 valence electrons. The van der Waals surface area contributed by atoms with E-state index in [4.69, 9.17) is 19.2 Å². The fraction of sp³-hybridized carbons (Fsp3) is 0.185. The average Bonchev–Trinajstić information content (AvgIpc) is 2.88. The van der Waals surface area contributed by atoms with Gasteiger partial charge in [0.2, 0.25) is 5.88 Å². The first-order chi connectivity index (χ1) is 16.3. The van der Waals surface area contributed by atoms with Gasteiger partial charge < -0.3 is 19.5 Å². The fourth-order valence-electron chi connectivity index (χ4n) is 3.91. The molecule has 0 atom stereocenters. The van der Waals surface area contributed by atoms with Crippen molar-refractivity contribution < 1.29 is 14.2 Å². The highest BCUT2D eigenvalue weighted by Crippen LogP contribution is 2.40. The second-order valence-corrected chi connectivity index (χ2v) is 7.77. The maximum absolute atomic E-state index is 5.85. The molecule has 0 aliphatic carbocycles. The summed E-state index contributed by atoms with van der Waals surface area (Å²) in [5, 5.41) is 3.45. The van der Waals surface area contributed by atoms with E-state index < -0.39 is 0 Å². The van der Waals surface area contributed by atoms with Crippen molar-refractivity contribution in [3.05, 3.63) is 90.3 Å². The predicted octanol–water partition coefficient (Wildman–Crippen LogP) is 5.45. The Hall–Kier alpha value is -4.06. The second-order valence-electron chi connectivity index (χ2n) is 7.77. The van der Waals surface area contributed by atoms with E-state index in [1.54, 1.807) is 13.3 Å². The monoisotopic (exact) mass is 439 g/mol. The van der Waals surface area contributed by atoms with Crippen LogP contribution in [0.1, 0.15) is 11.1 Å². The van der Waals surface area contributed by atoms with Gasteiger partial charge in [-0.25, -0.2) is 4.98 Å². The van der Waals surface area contributed by atoms with Crippen molar-refractivity contribution in [2.24, 2.45) is 0 Å². The molecule has 0 bridgehead atoms. The minimum absolute atomic E-state index is 0.516. The number of hydrogen-bond acceptors (Lipinski definition) is 6. The summed E-state index contributed by atoms with van der Waals surface area (Å²) in [7, 11) is 1.63. The van der Waals surface area contributed by atoms with Crippen molar-refractivity contribution in [1.29, 1.82) is 0 Å². The summed E-state index contributed by atoms with van der Waals surface area (Å²) in [5.41, 5.74) is 5.92. The molecule has 0 radical (unpaired) electrons. The van der Waals surface area contributed by atoms with Gasteiger partial charge >= 0.3 is 0 Å². The number of hydrogen-bond donors (Lipinski definition) is 1. The molecule has 33 heavy (non-hydrogen) atoms. The SMILES string of the molecule is COc1nc(-c2cccc3c2OCCO3)ccc1Nc1cccc(CCc2cccnc2)c1. The van der Waals surface area contributed by atoms with E-state index in [9.17, 15) is 0 Å². The molecule has 3 heterocycles. The number of para-hydroxylation sites is 1. The summed E-state index contributed by atoms with van der Waals surface area (Å²) in [6.07, 6.45) is 5.61. The number of anilines is 2. The van der Waals surface area contributed by atoms with E-state index in [-0.39, 0.29) is 0 Å². The number of aryl methyl sites for hydroxylation is 2. The Morgan fingerprint density at radius 2 is 1.76 bits per heavy atom. The maximum Gasteiger partial charge on any atom is 0.238 e. The lowest BCUT2D eigenvalue weighted by Crippen LogP contribution is -2.16. The zero-order chi connectivity index (χ0) is 22.5. The standard InChI is InChI=1S/C27H25N3O3/c1-31-27-24(13-12-23(30-27)22-8-3-9-25-26(22)33-16-15-32-25)29-21-7-2-5-19(17-21)10-11-20-6-4-14-28-18-20/h2-9,12-14,17-18,29H,10-11,15-16H2,1H3. The van der Waals surface area contributed by atoms with Crippen molar-refractivity contribution in [2.45, 2.75) is 12.8 Å². The first-order valence-corrected chi connectivity index (χ1v) is 11.0. The third-order valence-electron chi connectivity index (χ3n) is 5.53. The molecule has 1 N–H and O–H groups in total. The molecule has 1 aliphatic rings. The zero-order valence-corrected chi connectivity index (χ0v) is 18.5. The van der Waals surface area contributed by atoms with Gasteiger partial charge in [-0.2, -0.15) is 0 Å². The van der Waals surface area contributed by atoms with Crippen molar-refractivity contribution in [3.8, 4) is 28.6 Å². The molecule has 5 rings (SSSR count). The van der Waals surface area contributed by atoms with E-state index in [1.165, 1.54) is 11.1 Å². The molecule has 2 aromatic heterocycles. The molecule has 2 aromatic carbocycles. The van der Waals surface area contributed by atoms with Crippen LogP contribution in [0, 0.1) is 0 Å². The molecule has 0 amide bonds. The van der Waals surface area contributed by atoms with Gasteiger partial charge in [-0.3, -0.25) is 4.98 Å². The molecular weight excluding hydrogens is 414 g/mol. The highest BCUT2D eigenvalue weighted by atomic mass is 16.6. The Morgan fingerprint density at radius 3 is 2.64 bits per heavy atom. The number of rotatable bonds is 7. The first kappa shape index (κ1) is 20.8. The number of aromatic nitrogens is 2. The highest BCUT2D eigenvalue weighted by molar-refractivity contribution is 5.75. The Morgan fingerprint density at radius 1 is 0.909 bits per heavy atom. The van der Waals surface area contributed by atoms with Gasteiger partial charge in [-0.05, 0) is 66.4 Å². The van der Waals surface area contributed by atoms with Crippen LogP contribution in [0.4, 0.5) is 11.4 Å². The lowest BCUT2D eigenvalue weighted by atomic mass is 10.1. The minimum atomic E-state index is 0.516. The van der Waals surface area contributed by atoms with Crippen LogP contribution in [0.25, 0.3) is 11.3 Å². The molecule has 0 fully saturated rings. The third-order valence-corrected chi connectivity index (χ3v) is 5.53. The summed E-state index contributed by atoms with van der Waals surface area (Å²) in [6, 6.07) is 22.2. The molecule has 6 nitrogen and oxygen atoms in total. The van der Waals surface area contributed by atoms with Crippen LogP contribution >= 0.6 is 0 Å². The smallest absolute Gasteiger partial charge is 0.238 e. The number of nitrogens with one attached hydrogen (secondary N) is 1. The van der Waals surface area contributed by atoms with Gasteiger partial charge in [-0.15, -0.1) is 0 Å². The number of nitrogens with zero attached hydrogens (tertiary/aromatic N) is 2. The van der Waals surface area contributed by atoms with Crippen molar-refractivity contribution in [3.63, 3.8) is 0 Å². The molecule has 0 spiro atoms. The van der Waals surface area contributed by atoms with Crippen LogP contribution in [0.3, 0.4) is 0 Å². The Labute approximate surface area is 193 Å². The van der Waals surface area contributed by atoms with E-state index >= 15 is 0 Å². The van der Waals surface area contributed by atoms with E-state index in [0.717, 1.165) is 47.0 Å². The largest absolute Gasteiger partial charge is 0.486 e. The second kappa shape index (κ2) is 9.61. The van der Waals surface area contributed by atoms with Crippen LogP contribution in [0.5, 0.6) is 17.4 Å². The van der Waals surface area contributed by atoms with Crippen LogP contribution < -0.4 is 19.5 Å². The van der Waals surface area contributed by atoms with Gasteiger partial charge in [-0.1, -0.05) is 24.3 Å². The molecule has 0 unspecified atom stereocenters.